The van der Waals surface area contributed by atoms with Crippen LogP contribution in [0.15, 0.2) is 48.5 Å². The molecule has 0 saturated carbocycles. The summed E-state index contributed by atoms with van der Waals surface area (Å²) in [6.07, 6.45) is 22.1. The zero-order chi connectivity index (χ0) is 31.9. The third-order valence-electron chi connectivity index (χ3n) is 9.10. The number of benzene rings is 1. The number of aromatic amines is 2. The first-order chi connectivity index (χ1) is 22.5. The Morgan fingerprint density at radius 1 is 0.574 bits per heavy atom. The second kappa shape index (κ2) is 16.2. The number of aromatic hydroxyl groups is 2. The molecule has 0 amide bonds. The Labute approximate surface area is 290 Å². The maximum absolute atomic E-state index is 11.1. The number of unbranched alkanes of at least 4 members (excludes halogenated alkanes) is 8. The van der Waals surface area contributed by atoms with Crippen LogP contribution in [-0.4, -0.2) is 30.1 Å². The van der Waals surface area contributed by atoms with Crippen LogP contribution in [0.3, 0.4) is 0 Å². The van der Waals surface area contributed by atoms with Gasteiger partial charge in [-0.15, -0.1) is 0 Å². The zero-order valence-corrected chi connectivity index (χ0v) is 30.9. The van der Waals surface area contributed by atoms with Crippen molar-refractivity contribution in [3.05, 3.63) is 82.4 Å². The van der Waals surface area contributed by atoms with Crippen molar-refractivity contribution in [1.29, 1.82) is 0 Å². The molecule has 1 aromatic carbocycles. The largest absolute Gasteiger partial charge is 0.508 e. The normalized spacial score (nSPS) is 12.0. The van der Waals surface area contributed by atoms with E-state index in [1.165, 1.54) is 68.6 Å². The summed E-state index contributed by atoms with van der Waals surface area (Å²) in [7, 11) is 0. The van der Waals surface area contributed by atoms with Gasteiger partial charge < -0.3 is 20.2 Å². The number of hydrogen-bond acceptors (Lipinski definition) is 4. The van der Waals surface area contributed by atoms with Gasteiger partial charge in [0, 0.05) is 63.8 Å². The fraction of sp³-hybridized carbons (Fsp3) is 0.350. The third-order valence-corrected chi connectivity index (χ3v) is 9.10. The monoisotopic (exact) mass is 678 g/mol. The SMILES string of the molecule is CCCCCCCc1c2nc(c(-c3cc(O)ccc3O)c3ccc([nH]3)c(CCCCCCC)c3nc(cc4ccc1[nH]4)C=C3)C=C2.[Zn]. The van der Waals surface area contributed by atoms with Crippen LogP contribution in [0.2, 0.25) is 0 Å². The van der Waals surface area contributed by atoms with Crippen LogP contribution in [-0.2, 0) is 32.3 Å². The number of fused-ring (bicyclic) bond motifs is 8. The number of aryl methyl sites for hydroxylation is 2. The molecule has 7 heteroatoms. The fourth-order valence-corrected chi connectivity index (χ4v) is 6.60. The van der Waals surface area contributed by atoms with Crippen molar-refractivity contribution >= 4 is 46.4 Å². The van der Waals surface area contributed by atoms with Gasteiger partial charge in [-0.3, -0.25) is 0 Å². The molecule has 0 spiro atoms. The van der Waals surface area contributed by atoms with Gasteiger partial charge in [0.05, 0.1) is 22.8 Å². The number of phenols is 2. The minimum atomic E-state index is 0. The van der Waals surface area contributed by atoms with Crippen LogP contribution in [0.1, 0.15) is 112 Å². The quantitative estimate of drug-likeness (QED) is 0.0555. The molecule has 0 fully saturated rings. The van der Waals surface area contributed by atoms with E-state index in [4.69, 9.17) is 9.97 Å². The number of H-pyrrole nitrogens is 2. The molecule has 5 heterocycles. The predicted octanol–water partition coefficient (Wildman–Crippen LogP) is 10.8. The van der Waals surface area contributed by atoms with E-state index in [0.29, 0.717) is 5.56 Å². The minimum absolute atomic E-state index is 0. The summed E-state index contributed by atoms with van der Waals surface area (Å²) >= 11 is 0. The standard InChI is InChI=1S/C40H46N4O2.Zn/c1-3-5-7-9-11-13-30-33-18-15-27(41-33)25-28-16-19-34(42-28)31(14-12-10-8-6-4-2)36-21-23-38(44-36)40(37-22-20-35(30)43-37)32-26-29(45)17-24-39(32)46;/h15-26,41,44-46H,3-14H2,1-2H3;. The van der Waals surface area contributed by atoms with E-state index in [9.17, 15) is 10.2 Å². The molecule has 0 radical (unpaired) electrons. The number of nitrogens with one attached hydrogen (secondary N) is 2. The van der Waals surface area contributed by atoms with Crippen molar-refractivity contribution in [2.75, 3.05) is 0 Å². The molecule has 240 valence electrons. The minimum Gasteiger partial charge on any atom is -0.508 e. The van der Waals surface area contributed by atoms with E-state index in [0.717, 1.165) is 76.1 Å². The first-order valence-electron chi connectivity index (χ1n) is 17.2. The van der Waals surface area contributed by atoms with Crippen molar-refractivity contribution in [2.45, 2.75) is 90.9 Å². The topological polar surface area (TPSA) is 97.8 Å². The number of hydrogen-bond donors (Lipinski definition) is 4. The maximum atomic E-state index is 11.1. The van der Waals surface area contributed by atoms with Gasteiger partial charge in [-0.05, 0) is 98.5 Å². The summed E-state index contributed by atoms with van der Waals surface area (Å²) < 4.78 is 0. The second-order valence-electron chi connectivity index (χ2n) is 12.6. The van der Waals surface area contributed by atoms with Gasteiger partial charge >= 0.3 is 0 Å². The van der Waals surface area contributed by atoms with Gasteiger partial charge in [-0.2, -0.15) is 0 Å². The predicted molar refractivity (Wildman–Crippen MR) is 193 cm³/mol. The van der Waals surface area contributed by atoms with Gasteiger partial charge in [-0.1, -0.05) is 65.2 Å². The third kappa shape index (κ3) is 8.13. The van der Waals surface area contributed by atoms with E-state index < -0.39 is 0 Å². The average Bonchev–Trinajstić information content (AvgIpc) is 3.88. The Balaban J connectivity index is 0.00000433. The number of rotatable bonds is 13. The molecule has 8 bridgehead atoms. The first-order valence-corrected chi connectivity index (χ1v) is 17.2. The maximum Gasteiger partial charge on any atom is 0.123 e. The van der Waals surface area contributed by atoms with E-state index in [1.54, 1.807) is 12.1 Å². The molecule has 0 aliphatic carbocycles. The van der Waals surface area contributed by atoms with E-state index in [-0.39, 0.29) is 31.0 Å². The molecule has 47 heavy (non-hydrogen) atoms. The van der Waals surface area contributed by atoms with Crippen LogP contribution in [0.25, 0.3) is 57.5 Å². The summed E-state index contributed by atoms with van der Waals surface area (Å²) in [5, 5.41) is 21.6. The Bertz CT molecular complexity index is 1910. The molecule has 2 aliphatic rings. The number of phenolic OH excluding ortho intramolecular Hbond substituents is 2. The van der Waals surface area contributed by atoms with Gasteiger partial charge in [0.15, 0.2) is 0 Å². The summed E-state index contributed by atoms with van der Waals surface area (Å²) in [5.74, 6) is 0.184. The van der Waals surface area contributed by atoms with Gasteiger partial charge in [0.25, 0.3) is 0 Å². The molecule has 4 N–H and O–H groups in total. The Hall–Kier alpha value is -3.96. The van der Waals surface area contributed by atoms with Gasteiger partial charge in [0.1, 0.15) is 11.5 Å². The van der Waals surface area contributed by atoms with Crippen LogP contribution in [0.4, 0.5) is 0 Å². The molecule has 0 atom stereocenters. The van der Waals surface area contributed by atoms with Crippen molar-refractivity contribution in [3.63, 3.8) is 0 Å². The Morgan fingerprint density at radius 3 is 1.89 bits per heavy atom. The molecule has 6 nitrogen and oxygen atoms in total. The molecule has 2 aliphatic heterocycles. The molecule has 4 aromatic rings. The average molecular weight is 680 g/mol. The van der Waals surface area contributed by atoms with E-state index in [1.807, 2.05) is 6.08 Å². The smallest absolute Gasteiger partial charge is 0.123 e. The zero-order valence-electron chi connectivity index (χ0n) is 27.9. The summed E-state index contributed by atoms with van der Waals surface area (Å²) in [5.41, 5.74) is 11.1. The number of aromatic nitrogens is 4. The van der Waals surface area contributed by atoms with Crippen molar-refractivity contribution < 1.29 is 29.7 Å². The molecule has 0 saturated heterocycles. The Kier molecular flexibility index (Phi) is 11.9. The van der Waals surface area contributed by atoms with Crippen molar-refractivity contribution in [2.24, 2.45) is 0 Å². The van der Waals surface area contributed by atoms with Crippen molar-refractivity contribution in [3.8, 4) is 22.6 Å². The van der Waals surface area contributed by atoms with E-state index in [2.05, 4.69) is 72.4 Å². The molecule has 0 unspecified atom stereocenters. The van der Waals surface area contributed by atoms with Crippen LogP contribution in [0, 0.1) is 0 Å². The summed E-state index contributed by atoms with van der Waals surface area (Å²) in [6.45, 7) is 4.49. The molecular weight excluding hydrogens is 634 g/mol. The molecule has 6 rings (SSSR count). The second-order valence-corrected chi connectivity index (χ2v) is 12.6. The fourth-order valence-electron chi connectivity index (χ4n) is 6.60. The summed E-state index contributed by atoms with van der Waals surface area (Å²) in [6, 6.07) is 15.2. The van der Waals surface area contributed by atoms with Crippen LogP contribution in [0.5, 0.6) is 11.5 Å². The van der Waals surface area contributed by atoms with Crippen LogP contribution >= 0.6 is 0 Å². The van der Waals surface area contributed by atoms with Crippen molar-refractivity contribution in [1.82, 2.24) is 19.9 Å². The summed E-state index contributed by atoms with van der Waals surface area (Å²) in [4.78, 5) is 17.6. The molecular formula is C40H46N4O2Zn. The van der Waals surface area contributed by atoms with E-state index >= 15 is 0 Å². The first kappa shape index (κ1) is 34.4. The number of nitrogens with zero attached hydrogens (tertiary/aromatic N) is 2. The Morgan fingerprint density at radius 2 is 1.17 bits per heavy atom. The molecule has 3 aromatic heterocycles. The van der Waals surface area contributed by atoms with Gasteiger partial charge in [0.2, 0.25) is 0 Å². The van der Waals surface area contributed by atoms with Crippen LogP contribution < -0.4 is 0 Å². The van der Waals surface area contributed by atoms with Gasteiger partial charge in [-0.25, -0.2) is 9.97 Å².